The van der Waals surface area contributed by atoms with Crippen molar-refractivity contribution in [2.75, 3.05) is 5.32 Å². The number of carbonyl (C=O) groups is 2. The van der Waals surface area contributed by atoms with Gasteiger partial charge in [-0.1, -0.05) is 18.2 Å². The van der Waals surface area contributed by atoms with Gasteiger partial charge in [-0.25, -0.2) is 4.79 Å². The van der Waals surface area contributed by atoms with E-state index in [1.54, 1.807) is 12.1 Å². The first-order valence-electron chi connectivity index (χ1n) is 6.30. The van der Waals surface area contributed by atoms with Crippen molar-refractivity contribution >= 4 is 40.2 Å². The number of carboxylic acids is 1. The Morgan fingerprint density at radius 3 is 2.29 bits per heavy atom. The lowest BCUT2D eigenvalue weighted by Gasteiger charge is -2.12. The highest BCUT2D eigenvalue weighted by Crippen LogP contribution is 2.21. The Bertz CT molecular complexity index is 705. The first-order chi connectivity index (χ1) is 9.90. The van der Waals surface area contributed by atoms with Crippen molar-refractivity contribution in [3.63, 3.8) is 0 Å². The van der Waals surface area contributed by atoms with Gasteiger partial charge in [-0.3, -0.25) is 4.79 Å². The van der Waals surface area contributed by atoms with Crippen LogP contribution in [0.1, 0.15) is 31.8 Å². The Morgan fingerprint density at radius 1 is 1.10 bits per heavy atom. The fourth-order valence-corrected chi connectivity index (χ4v) is 2.65. The van der Waals surface area contributed by atoms with Crippen molar-refractivity contribution in [2.45, 2.75) is 13.8 Å². The molecule has 2 aromatic carbocycles. The van der Waals surface area contributed by atoms with E-state index in [0.717, 1.165) is 14.7 Å². The quantitative estimate of drug-likeness (QED) is 0.776. The Labute approximate surface area is 136 Å². The molecule has 0 aliphatic carbocycles. The van der Waals surface area contributed by atoms with Gasteiger partial charge in [0, 0.05) is 9.13 Å². The maximum absolute atomic E-state index is 12.4. The molecule has 2 N–H and O–H groups in total. The largest absolute Gasteiger partial charge is 0.478 e. The number of rotatable bonds is 3. The van der Waals surface area contributed by atoms with Crippen molar-refractivity contribution in [1.29, 1.82) is 0 Å². The molecular formula is C16H14INO3. The van der Waals surface area contributed by atoms with E-state index in [2.05, 4.69) is 5.32 Å². The van der Waals surface area contributed by atoms with Crippen LogP contribution < -0.4 is 5.32 Å². The van der Waals surface area contributed by atoms with Crippen LogP contribution in [-0.4, -0.2) is 17.0 Å². The highest BCUT2D eigenvalue weighted by Gasteiger charge is 2.16. The lowest BCUT2D eigenvalue weighted by atomic mass is 10.0. The van der Waals surface area contributed by atoms with Crippen LogP contribution in [0, 0.1) is 17.4 Å². The fourth-order valence-electron chi connectivity index (χ4n) is 2.16. The number of aromatic carboxylic acids is 1. The second-order valence-corrected chi connectivity index (χ2v) is 5.96. The predicted octanol–water partition coefficient (Wildman–Crippen LogP) is 3.86. The molecular weight excluding hydrogens is 381 g/mol. The Morgan fingerprint density at radius 2 is 1.71 bits per heavy atom. The summed E-state index contributed by atoms with van der Waals surface area (Å²) in [6.07, 6.45) is 0. The van der Waals surface area contributed by atoms with E-state index in [4.69, 9.17) is 0 Å². The predicted molar refractivity (Wildman–Crippen MR) is 90.0 cm³/mol. The third kappa shape index (κ3) is 3.41. The van der Waals surface area contributed by atoms with Gasteiger partial charge >= 0.3 is 5.97 Å². The van der Waals surface area contributed by atoms with Crippen LogP contribution in [0.5, 0.6) is 0 Å². The van der Waals surface area contributed by atoms with Crippen LogP contribution in [0.3, 0.4) is 0 Å². The third-order valence-corrected chi connectivity index (χ3v) is 3.84. The van der Waals surface area contributed by atoms with Gasteiger partial charge in [0.1, 0.15) is 0 Å². The summed E-state index contributed by atoms with van der Waals surface area (Å²) in [5, 5.41) is 11.9. The molecule has 0 fully saturated rings. The number of aryl methyl sites for hydroxylation is 2. The third-order valence-electron chi connectivity index (χ3n) is 3.17. The minimum atomic E-state index is -1.06. The molecule has 0 aromatic heterocycles. The van der Waals surface area contributed by atoms with Crippen molar-refractivity contribution in [3.8, 4) is 0 Å². The summed E-state index contributed by atoms with van der Waals surface area (Å²) >= 11 is 2.04. The van der Waals surface area contributed by atoms with Crippen LogP contribution in [0.15, 0.2) is 36.4 Å². The molecule has 108 valence electrons. The van der Waals surface area contributed by atoms with Gasteiger partial charge in [-0.2, -0.15) is 0 Å². The molecule has 2 rings (SSSR count). The van der Waals surface area contributed by atoms with E-state index in [1.165, 1.54) is 6.07 Å². The molecule has 1 amide bonds. The van der Waals surface area contributed by atoms with E-state index in [9.17, 15) is 14.7 Å². The zero-order chi connectivity index (χ0) is 15.6. The lowest BCUT2D eigenvalue weighted by Crippen LogP contribution is -2.17. The average Bonchev–Trinajstić information content (AvgIpc) is 2.40. The van der Waals surface area contributed by atoms with Gasteiger partial charge in [0.05, 0.1) is 11.3 Å². The molecule has 0 heterocycles. The number of carboxylic acid groups (broad SMARTS) is 1. The Balaban J connectivity index is 2.39. The van der Waals surface area contributed by atoms with Gasteiger partial charge in [0.15, 0.2) is 0 Å². The van der Waals surface area contributed by atoms with Gasteiger partial charge in [-0.15, -0.1) is 0 Å². The molecule has 0 bridgehead atoms. The lowest BCUT2D eigenvalue weighted by molar-refractivity contribution is 0.0698. The molecule has 0 unspecified atom stereocenters. The number of hydrogen-bond acceptors (Lipinski definition) is 2. The number of halogens is 1. The maximum Gasteiger partial charge on any atom is 0.337 e. The Kier molecular flexibility index (Phi) is 4.62. The maximum atomic E-state index is 12.4. The van der Waals surface area contributed by atoms with Gasteiger partial charge in [0.2, 0.25) is 0 Å². The first kappa shape index (κ1) is 15.5. The molecule has 2 aromatic rings. The van der Waals surface area contributed by atoms with Gasteiger partial charge in [0.25, 0.3) is 5.91 Å². The van der Waals surface area contributed by atoms with Crippen molar-refractivity contribution in [1.82, 2.24) is 0 Å². The second-order valence-electron chi connectivity index (χ2n) is 4.72. The highest BCUT2D eigenvalue weighted by atomic mass is 127. The number of anilines is 1. The molecule has 0 atom stereocenters. The van der Waals surface area contributed by atoms with Gasteiger partial charge in [-0.05, 0) is 65.8 Å². The normalized spacial score (nSPS) is 10.2. The summed E-state index contributed by atoms with van der Waals surface area (Å²) in [7, 11) is 0. The summed E-state index contributed by atoms with van der Waals surface area (Å²) < 4.78 is 0.801. The summed E-state index contributed by atoms with van der Waals surface area (Å²) in [5.74, 6) is -1.36. The summed E-state index contributed by atoms with van der Waals surface area (Å²) in [4.78, 5) is 23.7. The SMILES string of the molecule is Cc1cccc(C)c1C(=O)Nc1ccc(I)cc1C(=O)O. The van der Waals surface area contributed by atoms with E-state index in [1.807, 2.05) is 54.6 Å². The molecule has 4 nitrogen and oxygen atoms in total. The van der Waals surface area contributed by atoms with Crippen molar-refractivity contribution in [2.24, 2.45) is 0 Å². The number of benzene rings is 2. The molecule has 5 heteroatoms. The summed E-state index contributed by atoms with van der Waals surface area (Å²) in [6.45, 7) is 3.71. The number of nitrogens with one attached hydrogen (secondary N) is 1. The van der Waals surface area contributed by atoms with Crippen LogP contribution in [0.4, 0.5) is 5.69 Å². The summed E-state index contributed by atoms with van der Waals surface area (Å²) in [5.41, 5.74) is 2.68. The zero-order valence-corrected chi connectivity index (χ0v) is 13.8. The highest BCUT2D eigenvalue weighted by molar-refractivity contribution is 14.1. The van der Waals surface area contributed by atoms with Crippen LogP contribution in [-0.2, 0) is 0 Å². The minimum absolute atomic E-state index is 0.0847. The second kappa shape index (κ2) is 6.26. The van der Waals surface area contributed by atoms with E-state index in [0.29, 0.717) is 11.3 Å². The van der Waals surface area contributed by atoms with Crippen molar-refractivity contribution in [3.05, 3.63) is 62.2 Å². The standard InChI is InChI=1S/C16H14INO3/c1-9-4-3-5-10(2)14(9)15(19)18-13-7-6-11(17)8-12(13)16(20)21/h3-8H,1-2H3,(H,18,19)(H,20,21). The fraction of sp³-hybridized carbons (Fsp3) is 0.125. The Hall–Kier alpha value is -1.89. The van der Waals surface area contributed by atoms with E-state index >= 15 is 0 Å². The molecule has 0 aliphatic rings. The molecule has 21 heavy (non-hydrogen) atoms. The van der Waals surface area contributed by atoms with E-state index < -0.39 is 5.97 Å². The monoisotopic (exact) mass is 395 g/mol. The average molecular weight is 395 g/mol. The summed E-state index contributed by atoms with van der Waals surface area (Å²) in [6, 6.07) is 10.5. The van der Waals surface area contributed by atoms with Gasteiger partial charge < -0.3 is 10.4 Å². The zero-order valence-electron chi connectivity index (χ0n) is 11.6. The van der Waals surface area contributed by atoms with E-state index in [-0.39, 0.29) is 11.5 Å². The topological polar surface area (TPSA) is 66.4 Å². The van der Waals surface area contributed by atoms with Crippen molar-refractivity contribution < 1.29 is 14.7 Å². The number of amides is 1. The molecule has 0 spiro atoms. The first-order valence-corrected chi connectivity index (χ1v) is 7.38. The minimum Gasteiger partial charge on any atom is -0.478 e. The number of hydrogen-bond donors (Lipinski definition) is 2. The number of carbonyl (C=O) groups excluding carboxylic acids is 1. The molecule has 0 radical (unpaired) electrons. The molecule has 0 saturated heterocycles. The molecule has 0 aliphatic heterocycles. The molecule has 0 saturated carbocycles. The van der Waals surface area contributed by atoms with Crippen LogP contribution in [0.2, 0.25) is 0 Å². The van der Waals surface area contributed by atoms with Crippen LogP contribution >= 0.6 is 22.6 Å². The smallest absolute Gasteiger partial charge is 0.337 e. The van der Waals surface area contributed by atoms with Crippen LogP contribution in [0.25, 0.3) is 0 Å².